The number of benzene rings is 1. The summed E-state index contributed by atoms with van der Waals surface area (Å²) in [7, 11) is 2.22. The number of rotatable bonds is 11. The van der Waals surface area contributed by atoms with Crippen molar-refractivity contribution >= 4 is 35.0 Å². The number of H-pyrrole nitrogens is 1. The van der Waals surface area contributed by atoms with Crippen LogP contribution in [0.3, 0.4) is 0 Å². The van der Waals surface area contributed by atoms with Crippen molar-refractivity contribution in [2.24, 2.45) is 5.92 Å². The third-order valence-corrected chi connectivity index (χ3v) is 9.30. The smallest absolute Gasteiger partial charge is 0.205 e. The minimum Gasteiger partial charge on any atom is -0.487 e. The van der Waals surface area contributed by atoms with E-state index in [1.165, 1.54) is 37.7 Å². The molecule has 11 heteroatoms. The molecule has 1 aliphatic carbocycles. The molecule has 4 heterocycles. The van der Waals surface area contributed by atoms with Crippen molar-refractivity contribution in [3.8, 4) is 5.75 Å². The minimum atomic E-state index is 0.283. The minimum absolute atomic E-state index is 0.283. The highest BCUT2D eigenvalue weighted by atomic mass is 32.2. The predicted octanol–water partition coefficient (Wildman–Crippen LogP) is 4.54. The SMILES string of the molecule is CCOc1c(Nc2cc(C)[nH]n2)nc(Sc2ccc(CC(=O)C3CC3)cc2)nc1N1CCN(C2CCN(C)CC2)CC1. The highest BCUT2D eigenvalue weighted by Gasteiger charge is 2.30. The summed E-state index contributed by atoms with van der Waals surface area (Å²) in [5, 5.41) is 11.4. The average Bonchev–Trinajstić information content (AvgIpc) is 3.77. The number of Topliss-reactive ketones (excluding diaryl/α,β-unsaturated/α-hetero) is 1. The molecule has 0 radical (unpaired) electrons. The molecule has 2 aliphatic heterocycles. The van der Waals surface area contributed by atoms with Gasteiger partial charge in [0.25, 0.3) is 0 Å². The molecular weight excluding hydrogens is 548 g/mol. The van der Waals surface area contributed by atoms with E-state index in [0.29, 0.717) is 47.4 Å². The first-order valence-corrected chi connectivity index (χ1v) is 16.1. The molecule has 1 saturated carbocycles. The fourth-order valence-electron chi connectivity index (χ4n) is 5.83. The third kappa shape index (κ3) is 7.07. The summed E-state index contributed by atoms with van der Waals surface area (Å²) < 4.78 is 6.21. The number of hydrogen-bond acceptors (Lipinski definition) is 10. The number of likely N-dealkylation sites (tertiary alicyclic amines) is 1. The van der Waals surface area contributed by atoms with Gasteiger partial charge in [0.2, 0.25) is 5.75 Å². The second-order valence-electron chi connectivity index (χ2n) is 11.7. The molecule has 42 heavy (non-hydrogen) atoms. The first-order valence-electron chi connectivity index (χ1n) is 15.3. The number of aromatic amines is 1. The van der Waals surface area contributed by atoms with Crippen LogP contribution in [0.1, 0.15) is 43.9 Å². The normalized spacial score (nSPS) is 18.8. The molecule has 10 nitrogen and oxygen atoms in total. The van der Waals surface area contributed by atoms with Crippen LogP contribution in [0, 0.1) is 12.8 Å². The Labute approximate surface area is 252 Å². The first kappa shape index (κ1) is 28.9. The van der Waals surface area contributed by atoms with Crippen LogP contribution in [0.2, 0.25) is 0 Å². The Hall–Kier alpha value is -3.15. The molecule has 2 aromatic heterocycles. The second kappa shape index (κ2) is 13.0. The van der Waals surface area contributed by atoms with Gasteiger partial charge in [-0.05, 0) is 89.1 Å². The molecule has 0 unspecified atom stereocenters. The highest BCUT2D eigenvalue weighted by Crippen LogP contribution is 2.39. The zero-order valence-corrected chi connectivity index (χ0v) is 25.8. The zero-order valence-electron chi connectivity index (χ0n) is 24.9. The maximum Gasteiger partial charge on any atom is 0.205 e. The average molecular weight is 591 g/mol. The van der Waals surface area contributed by atoms with Gasteiger partial charge in [0, 0.05) is 61.2 Å². The molecule has 6 rings (SSSR count). The number of hydrogen-bond donors (Lipinski definition) is 2. The molecule has 3 fully saturated rings. The fraction of sp³-hybridized carbons (Fsp3) is 0.548. The van der Waals surface area contributed by atoms with E-state index in [1.54, 1.807) is 0 Å². The van der Waals surface area contributed by atoms with Crippen molar-refractivity contribution in [2.45, 2.75) is 62.0 Å². The van der Waals surface area contributed by atoms with Gasteiger partial charge in [-0.25, -0.2) is 9.97 Å². The Balaban J connectivity index is 1.24. The first-order chi connectivity index (χ1) is 20.4. The summed E-state index contributed by atoms with van der Waals surface area (Å²) >= 11 is 1.52. The Bertz CT molecular complexity index is 1360. The van der Waals surface area contributed by atoms with Crippen LogP contribution in [0.4, 0.5) is 17.5 Å². The molecule has 1 aromatic carbocycles. The van der Waals surface area contributed by atoms with E-state index in [1.807, 2.05) is 32.0 Å². The summed E-state index contributed by atoms with van der Waals surface area (Å²) in [6.07, 6.45) is 5.08. The van der Waals surface area contributed by atoms with Crippen molar-refractivity contribution < 1.29 is 9.53 Å². The van der Waals surface area contributed by atoms with E-state index in [0.717, 1.165) is 61.0 Å². The summed E-state index contributed by atoms with van der Waals surface area (Å²) in [6.45, 7) is 10.6. The van der Waals surface area contributed by atoms with Gasteiger partial charge in [-0.3, -0.25) is 14.8 Å². The van der Waals surface area contributed by atoms with Gasteiger partial charge >= 0.3 is 0 Å². The molecular formula is C31H42N8O2S. The Morgan fingerprint density at radius 1 is 1.05 bits per heavy atom. The molecule has 2 saturated heterocycles. The molecule has 3 aromatic rings. The van der Waals surface area contributed by atoms with Crippen LogP contribution in [0.5, 0.6) is 5.75 Å². The van der Waals surface area contributed by atoms with Crippen LogP contribution in [0.15, 0.2) is 40.4 Å². The van der Waals surface area contributed by atoms with Crippen LogP contribution in [-0.4, -0.2) is 94.7 Å². The molecule has 224 valence electrons. The maximum atomic E-state index is 12.3. The van der Waals surface area contributed by atoms with Gasteiger partial charge in [-0.2, -0.15) is 5.10 Å². The van der Waals surface area contributed by atoms with Gasteiger partial charge in [0.15, 0.2) is 22.6 Å². The zero-order chi connectivity index (χ0) is 29.1. The summed E-state index contributed by atoms with van der Waals surface area (Å²) in [6, 6.07) is 10.8. The van der Waals surface area contributed by atoms with E-state index >= 15 is 0 Å². The van der Waals surface area contributed by atoms with Gasteiger partial charge < -0.3 is 19.9 Å². The van der Waals surface area contributed by atoms with Gasteiger partial charge in [-0.15, -0.1) is 0 Å². The fourth-order valence-corrected chi connectivity index (χ4v) is 6.59. The lowest BCUT2D eigenvalue weighted by molar-refractivity contribution is -0.119. The van der Waals surface area contributed by atoms with Crippen LogP contribution < -0.4 is 15.0 Å². The standard InChI is InChI=1S/C31H42N8O2S/c1-4-41-28-29(32-27-19-21(2)35-36-27)33-31(42-25-9-5-22(6-10-25)20-26(40)23-7-8-23)34-30(28)39-17-15-38(16-18-39)24-11-13-37(3)14-12-24/h5-6,9-10,19,23-24H,4,7-8,11-18,20H2,1-3H3,(H2,32,33,34,35,36). The number of piperazine rings is 1. The number of ether oxygens (including phenoxy) is 1. The lowest BCUT2D eigenvalue weighted by Crippen LogP contribution is -2.53. The molecule has 0 amide bonds. The topological polar surface area (TPSA) is 103 Å². The van der Waals surface area contributed by atoms with E-state index in [4.69, 9.17) is 14.7 Å². The number of aromatic nitrogens is 4. The maximum absolute atomic E-state index is 12.3. The quantitative estimate of drug-likeness (QED) is 0.310. The van der Waals surface area contributed by atoms with Crippen molar-refractivity contribution in [1.29, 1.82) is 0 Å². The Morgan fingerprint density at radius 2 is 1.79 bits per heavy atom. The van der Waals surface area contributed by atoms with E-state index in [9.17, 15) is 4.79 Å². The van der Waals surface area contributed by atoms with Gasteiger partial charge in [0.1, 0.15) is 5.78 Å². The lowest BCUT2D eigenvalue weighted by atomic mass is 10.0. The van der Waals surface area contributed by atoms with Crippen molar-refractivity contribution in [3.05, 3.63) is 41.6 Å². The molecule has 0 spiro atoms. The van der Waals surface area contributed by atoms with Crippen molar-refractivity contribution in [2.75, 3.05) is 63.1 Å². The summed E-state index contributed by atoms with van der Waals surface area (Å²) in [5.41, 5.74) is 2.02. The van der Waals surface area contributed by atoms with Crippen molar-refractivity contribution in [1.82, 2.24) is 30.0 Å². The molecule has 0 atom stereocenters. The van der Waals surface area contributed by atoms with Gasteiger partial charge in [-0.1, -0.05) is 12.1 Å². The van der Waals surface area contributed by atoms with E-state index in [2.05, 4.69) is 49.4 Å². The number of carbonyl (C=O) groups excluding carboxylic acids is 1. The summed E-state index contributed by atoms with van der Waals surface area (Å²) in [4.78, 5) is 30.7. The highest BCUT2D eigenvalue weighted by molar-refractivity contribution is 7.99. The molecule has 2 N–H and O–H groups in total. The monoisotopic (exact) mass is 590 g/mol. The number of anilines is 3. The number of ketones is 1. The summed E-state index contributed by atoms with van der Waals surface area (Å²) in [5.74, 6) is 3.41. The largest absolute Gasteiger partial charge is 0.487 e. The van der Waals surface area contributed by atoms with Crippen LogP contribution in [0.25, 0.3) is 0 Å². The van der Waals surface area contributed by atoms with Gasteiger partial charge in [0.05, 0.1) is 6.61 Å². The van der Waals surface area contributed by atoms with E-state index in [-0.39, 0.29) is 5.92 Å². The number of aryl methyl sites for hydroxylation is 1. The number of piperidine rings is 1. The number of carbonyl (C=O) groups is 1. The van der Waals surface area contributed by atoms with E-state index < -0.39 is 0 Å². The second-order valence-corrected chi connectivity index (χ2v) is 12.8. The third-order valence-electron chi connectivity index (χ3n) is 8.43. The Kier molecular flexibility index (Phi) is 8.97. The van der Waals surface area contributed by atoms with Crippen LogP contribution in [-0.2, 0) is 11.2 Å². The number of nitrogens with one attached hydrogen (secondary N) is 2. The predicted molar refractivity (Wildman–Crippen MR) is 166 cm³/mol. The van der Waals surface area contributed by atoms with Crippen LogP contribution >= 0.6 is 11.8 Å². The number of nitrogens with zero attached hydrogens (tertiary/aromatic N) is 6. The molecule has 3 aliphatic rings. The molecule has 0 bridgehead atoms. The Morgan fingerprint density at radius 3 is 2.43 bits per heavy atom. The van der Waals surface area contributed by atoms with Crippen molar-refractivity contribution in [3.63, 3.8) is 0 Å². The lowest BCUT2D eigenvalue weighted by Gasteiger charge is -2.42.